The molecule has 0 aliphatic carbocycles. The van der Waals surface area contributed by atoms with Crippen molar-refractivity contribution in [1.82, 2.24) is 15.5 Å². The molecular weight excluding hydrogens is 502 g/mol. The maximum atomic E-state index is 11.9. The molecule has 188 valence electrons. The summed E-state index contributed by atoms with van der Waals surface area (Å²) in [6.45, 7) is 23.1. The number of likely N-dealkylation sites (N-methyl/N-ethyl adjacent to an activating group) is 1. The quantitative estimate of drug-likeness (QED) is 0.242. The highest BCUT2D eigenvalue weighted by Crippen LogP contribution is 2.31. The number of halogens is 2. The van der Waals surface area contributed by atoms with Gasteiger partial charge in [-0.2, -0.15) is 0 Å². The molecule has 0 saturated heterocycles. The Bertz CT molecular complexity index is 733. The van der Waals surface area contributed by atoms with E-state index in [2.05, 4.69) is 64.2 Å². The smallest absolute Gasteiger partial charge is 0.407 e. The SMILES string of the molecule is C=CNC.C=Cc1cc(Cl)ccc1C(CC(=C)C)N(CC)CCNC(=O)OC(C)(C)C.CBr. The highest BCUT2D eigenvalue weighted by Gasteiger charge is 2.22. The van der Waals surface area contributed by atoms with Crippen LogP contribution in [0, 0.1) is 0 Å². The zero-order valence-corrected chi connectivity index (χ0v) is 23.8. The monoisotopic (exact) mass is 543 g/mol. The van der Waals surface area contributed by atoms with Gasteiger partial charge in [-0.15, -0.1) is 6.58 Å². The molecule has 2 N–H and O–H groups in total. The molecule has 0 aliphatic rings. The van der Waals surface area contributed by atoms with Crippen LogP contribution >= 0.6 is 27.5 Å². The molecule has 7 heteroatoms. The molecule has 0 spiro atoms. The number of alkyl halides is 1. The molecule has 1 atom stereocenters. The number of hydrogen-bond donors (Lipinski definition) is 2. The standard InChI is InChI=1S/C22H33ClN2O2.C3H7N.CH3Br/c1-8-17-15-18(23)10-11-19(17)20(14-16(3)4)25(9-2)13-12-24-21(26)27-22(5,6)7;1-3-4-2;1-2/h8,10-11,15,20H,1,3,9,12-14H2,2,4-7H3,(H,24,26);3-4H,1H2,2H3;1H3. The first-order valence-electron chi connectivity index (χ1n) is 10.9. The zero-order chi connectivity index (χ0) is 26.0. The van der Waals surface area contributed by atoms with Gasteiger partial charge in [0.05, 0.1) is 0 Å². The number of benzene rings is 1. The summed E-state index contributed by atoms with van der Waals surface area (Å²) < 4.78 is 5.30. The van der Waals surface area contributed by atoms with E-state index in [-0.39, 0.29) is 6.04 Å². The van der Waals surface area contributed by atoms with Crippen LogP contribution in [-0.2, 0) is 4.74 Å². The van der Waals surface area contributed by atoms with Crippen LogP contribution in [0.1, 0.15) is 58.2 Å². The summed E-state index contributed by atoms with van der Waals surface area (Å²) >= 11 is 9.09. The average Bonchev–Trinajstić information content (AvgIpc) is 2.75. The lowest BCUT2D eigenvalue weighted by Crippen LogP contribution is -2.39. The van der Waals surface area contributed by atoms with Crippen molar-refractivity contribution in [2.24, 2.45) is 0 Å². The summed E-state index contributed by atoms with van der Waals surface area (Å²) in [5, 5.41) is 6.22. The highest BCUT2D eigenvalue weighted by molar-refractivity contribution is 9.08. The van der Waals surface area contributed by atoms with Crippen molar-refractivity contribution in [3.05, 3.63) is 65.9 Å². The van der Waals surface area contributed by atoms with Crippen LogP contribution in [0.25, 0.3) is 6.08 Å². The molecule has 0 aromatic heterocycles. The molecule has 0 heterocycles. The lowest BCUT2D eigenvalue weighted by Gasteiger charge is -2.32. The molecule has 1 rings (SSSR count). The minimum atomic E-state index is -0.501. The van der Waals surface area contributed by atoms with Crippen molar-refractivity contribution < 1.29 is 9.53 Å². The van der Waals surface area contributed by atoms with Crippen molar-refractivity contribution >= 4 is 39.7 Å². The number of hydrogen-bond acceptors (Lipinski definition) is 4. The molecule has 1 amide bonds. The van der Waals surface area contributed by atoms with Gasteiger partial charge < -0.3 is 15.4 Å². The molecule has 0 saturated carbocycles. The van der Waals surface area contributed by atoms with Gasteiger partial charge in [0.25, 0.3) is 0 Å². The largest absolute Gasteiger partial charge is 0.444 e. The van der Waals surface area contributed by atoms with Gasteiger partial charge in [0.1, 0.15) is 5.60 Å². The molecule has 0 aliphatic heterocycles. The molecule has 0 bridgehead atoms. The van der Waals surface area contributed by atoms with Crippen molar-refractivity contribution in [2.45, 2.75) is 52.7 Å². The van der Waals surface area contributed by atoms with E-state index in [1.54, 1.807) is 6.20 Å². The third-order valence-corrected chi connectivity index (χ3v) is 4.52. The van der Waals surface area contributed by atoms with E-state index in [9.17, 15) is 4.79 Å². The van der Waals surface area contributed by atoms with Gasteiger partial charge in [0, 0.05) is 31.2 Å². The van der Waals surface area contributed by atoms with E-state index < -0.39 is 11.7 Å². The second kappa shape index (κ2) is 18.6. The highest BCUT2D eigenvalue weighted by atomic mass is 79.9. The van der Waals surface area contributed by atoms with E-state index in [1.807, 2.05) is 58.8 Å². The number of carbonyl (C=O) groups excluding carboxylic acids is 1. The van der Waals surface area contributed by atoms with Crippen LogP contribution in [0.15, 0.2) is 49.7 Å². The van der Waals surface area contributed by atoms with Crippen molar-refractivity contribution in [2.75, 3.05) is 32.5 Å². The van der Waals surface area contributed by atoms with Crippen LogP contribution in [0.5, 0.6) is 0 Å². The van der Waals surface area contributed by atoms with Gasteiger partial charge >= 0.3 is 6.09 Å². The van der Waals surface area contributed by atoms with Gasteiger partial charge in [0.2, 0.25) is 0 Å². The predicted octanol–water partition coefficient (Wildman–Crippen LogP) is 7.20. The van der Waals surface area contributed by atoms with Gasteiger partial charge in [-0.3, -0.25) is 4.90 Å². The summed E-state index contributed by atoms with van der Waals surface area (Å²) in [7, 11) is 1.81. The first kappa shape index (κ1) is 33.4. The van der Waals surface area contributed by atoms with Gasteiger partial charge in [-0.1, -0.05) is 65.3 Å². The Hall–Kier alpha value is -1.76. The van der Waals surface area contributed by atoms with Crippen LogP contribution in [0.3, 0.4) is 0 Å². The van der Waals surface area contributed by atoms with Crippen LogP contribution in [-0.4, -0.2) is 49.1 Å². The summed E-state index contributed by atoms with van der Waals surface area (Å²) in [4.78, 5) is 14.2. The molecule has 1 unspecified atom stereocenters. The van der Waals surface area contributed by atoms with Crippen LogP contribution in [0.2, 0.25) is 5.02 Å². The zero-order valence-electron chi connectivity index (χ0n) is 21.4. The molecule has 0 radical (unpaired) electrons. The lowest BCUT2D eigenvalue weighted by molar-refractivity contribution is 0.0518. The Kier molecular flexibility index (Phi) is 18.9. The van der Waals surface area contributed by atoms with E-state index in [4.69, 9.17) is 16.3 Å². The third-order valence-electron chi connectivity index (χ3n) is 4.29. The molecule has 5 nitrogen and oxygen atoms in total. The number of nitrogens with zero attached hydrogens (tertiary/aromatic N) is 1. The van der Waals surface area contributed by atoms with Crippen molar-refractivity contribution in [1.29, 1.82) is 0 Å². The lowest BCUT2D eigenvalue weighted by atomic mass is 9.94. The molecule has 1 aromatic rings. The molecule has 1 aromatic carbocycles. The van der Waals surface area contributed by atoms with Crippen LogP contribution in [0.4, 0.5) is 4.79 Å². The maximum absolute atomic E-state index is 11.9. The minimum Gasteiger partial charge on any atom is -0.444 e. The summed E-state index contributed by atoms with van der Waals surface area (Å²) in [6, 6.07) is 6.03. The van der Waals surface area contributed by atoms with E-state index in [0.29, 0.717) is 18.1 Å². The molecular formula is C26H43BrClN3O2. The van der Waals surface area contributed by atoms with E-state index in [1.165, 1.54) is 0 Å². The topological polar surface area (TPSA) is 53.6 Å². The Morgan fingerprint density at radius 3 is 2.30 bits per heavy atom. The third kappa shape index (κ3) is 15.7. The van der Waals surface area contributed by atoms with E-state index in [0.717, 1.165) is 29.7 Å². The normalized spacial score (nSPS) is 11.1. The molecule has 33 heavy (non-hydrogen) atoms. The van der Waals surface area contributed by atoms with Crippen molar-refractivity contribution in [3.63, 3.8) is 0 Å². The molecule has 0 fully saturated rings. The minimum absolute atomic E-state index is 0.137. The first-order valence-corrected chi connectivity index (χ1v) is 12.9. The fourth-order valence-corrected chi connectivity index (χ4v) is 3.12. The van der Waals surface area contributed by atoms with Gasteiger partial charge in [-0.05, 0) is 76.0 Å². The second-order valence-corrected chi connectivity index (χ2v) is 8.64. The second-order valence-electron chi connectivity index (χ2n) is 8.20. The first-order chi connectivity index (χ1) is 15.5. The summed E-state index contributed by atoms with van der Waals surface area (Å²) in [5.41, 5.74) is 2.78. The van der Waals surface area contributed by atoms with E-state index >= 15 is 0 Å². The Labute approximate surface area is 215 Å². The summed E-state index contributed by atoms with van der Waals surface area (Å²) in [6.07, 6.45) is 3.88. The number of rotatable bonds is 10. The average molecular weight is 545 g/mol. The number of carbonyl (C=O) groups is 1. The number of ether oxygens (including phenoxy) is 1. The fourth-order valence-electron chi connectivity index (χ4n) is 2.94. The van der Waals surface area contributed by atoms with Gasteiger partial charge in [0.15, 0.2) is 0 Å². The maximum Gasteiger partial charge on any atom is 0.407 e. The Morgan fingerprint density at radius 1 is 1.30 bits per heavy atom. The van der Waals surface area contributed by atoms with Gasteiger partial charge in [-0.25, -0.2) is 4.79 Å². The Balaban J connectivity index is 0. The van der Waals surface area contributed by atoms with Crippen LogP contribution < -0.4 is 10.6 Å². The number of alkyl carbamates (subject to hydrolysis) is 1. The number of nitrogens with one attached hydrogen (secondary N) is 2. The van der Waals surface area contributed by atoms with Crippen molar-refractivity contribution in [3.8, 4) is 0 Å². The fraction of sp³-hybridized carbons (Fsp3) is 0.500. The number of amides is 1. The Morgan fingerprint density at radius 2 is 1.88 bits per heavy atom. The summed E-state index contributed by atoms with van der Waals surface area (Å²) in [5.74, 6) is 1.81. The predicted molar refractivity (Wildman–Crippen MR) is 149 cm³/mol.